The third kappa shape index (κ3) is 9.45. The van der Waals surface area contributed by atoms with E-state index in [9.17, 15) is 19.2 Å². The van der Waals surface area contributed by atoms with Gasteiger partial charge in [-0.2, -0.15) is 0 Å². The SMILES string of the molecule is COc1ccc(C[C@H](NC(=O)Cc2cccc(Oc3ccccc3)c2)C(=O)N[C@H](C(=O)N[C@@]2(Cc3ccccc3)CNC2=O)C(C)C)c(OC)c1OC. The number of ether oxygens (including phenoxy) is 4. The first-order chi connectivity index (χ1) is 25.5. The Labute approximate surface area is 309 Å². The topological polar surface area (TPSA) is 153 Å². The number of rotatable bonds is 17. The van der Waals surface area contributed by atoms with E-state index in [1.54, 1.807) is 50.2 Å². The van der Waals surface area contributed by atoms with Gasteiger partial charge in [0.1, 0.15) is 29.1 Å². The van der Waals surface area contributed by atoms with Crippen LogP contribution in [0, 0.1) is 5.92 Å². The van der Waals surface area contributed by atoms with Crippen molar-refractivity contribution in [3.8, 4) is 28.7 Å². The average Bonchev–Trinajstić information content (AvgIpc) is 3.16. The van der Waals surface area contributed by atoms with Crippen molar-refractivity contribution in [1.82, 2.24) is 21.3 Å². The summed E-state index contributed by atoms with van der Waals surface area (Å²) in [6.45, 7) is 3.84. The van der Waals surface area contributed by atoms with Gasteiger partial charge in [0.05, 0.1) is 34.3 Å². The molecule has 5 rings (SSSR count). The molecule has 0 unspecified atom stereocenters. The molecular formula is C41H46N4O8. The Kier molecular flexibility index (Phi) is 12.6. The van der Waals surface area contributed by atoms with Crippen LogP contribution in [0.2, 0.25) is 0 Å². The van der Waals surface area contributed by atoms with Crippen molar-refractivity contribution in [3.63, 3.8) is 0 Å². The molecule has 4 N–H and O–H groups in total. The van der Waals surface area contributed by atoms with Crippen LogP contribution >= 0.6 is 0 Å². The van der Waals surface area contributed by atoms with Crippen LogP contribution in [0.5, 0.6) is 28.7 Å². The van der Waals surface area contributed by atoms with Gasteiger partial charge in [-0.1, -0.05) is 80.6 Å². The molecule has 1 aliphatic heterocycles. The van der Waals surface area contributed by atoms with E-state index in [2.05, 4.69) is 21.3 Å². The Balaban J connectivity index is 1.37. The largest absolute Gasteiger partial charge is 0.493 e. The van der Waals surface area contributed by atoms with Gasteiger partial charge in [-0.25, -0.2) is 0 Å². The predicted molar refractivity (Wildman–Crippen MR) is 199 cm³/mol. The molecule has 3 atom stereocenters. The first-order valence-corrected chi connectivity index (χ1v) is 17.4. The van der Waals surface area contributed by atoms with Gasteiger partial charge in [-0.05, 0) is 47.4 Å². The Hall–Kier alpha value is -6.04. The van der Waals surface area contributed by atoms with E-state index in [1.807, 2.05) is 60.7 Å². The highest BCUT2D eigenvalue weighted by molar-refractivity contribution is 5.99. The van der Waals surface area contributed by atoms with Crippen molar-refractivity contribution in [2.75, 3.05) is 27.9 Å². The summed E-state index contributed by atoms with van der Waals surface area (Å²) in [6, 6.07) is 27.1. The van der Waals surface area contributed by atoms with E-state index in [1.165, 1.54) is 21.3 Å². The Morgan fingerprint density at radius 1 is 0.755 bits per heavy atom. The van der Waals surface area contributed by atoms with Crippen LogP contribution in [0.15, 0.2) is 97.1 Å². The van der Waals surface area contributed by atoms with Gasteiger partial charge in [-0.3, -0.25) is 19.2 Å². The molecule has 1 saturated heterocycles. The van der Waals surface area contributed by atoms with E-state index in [-0.39, 0.29) is 31.2 Å². The number of amides is 4. The monoisotopic (exact) mass is 722 g/mol. The molecule has 278 valence electrons. The minimum Gasteiger partial charge on any atom is -0.493 e. The number of hydrogen-bond acceptors (Lipinski definition) is 8. The zero-order chi connectivity index (χ0) is 38.0. The highest BCUT2D eigenvalue weighted by Gasteiger charge is 2.48. The van der Waals surface area contributed by atoms with Gasteiger partial charge in [0, 0.05) is 18.4 Å². The van der Waals surface area contributed by atoms with Crippen LogP contribution in [0.1, 0.15) is 30.5 Å². The fourth-order valence-corrected chi connectivity index (χ4v) is 6.24. The molecule has 0 spiro atoms. The van der Waals surface area contributed by atoms with E-state index in [4.69, 9.17) is 18.9 Å². The first-order valence-electron chi connectivity index (χ1n) is 17.4. The van der Waals surface area contributed by atoms with Crippen LogP contribution in [-0.4, -0.2) is 69.1 Å². The van der Waals surface area contributed by atoms with E-state index < -0.39 is 35.3 Å². The number of β-lactam (4-membered cyclic amide) rings is 1. The Bertz CT molecular complexity index is 1900. The number of para-hydroxylation sites is 1. The highest BCUT2D eigenvalue weighted by atomic mass is 16.5. The number of nitrogens with one attached hydrogen (secondary N) is 4. The molecule has 4 amide bonds. The summed E-state index contributed by atoms with van der Waals surface area (Å²) in [7, 11) is 4.45. The minimum absolute atomic E-state index is 0.00889. The van der Waals surface area contributed by atoms with Crippen molar-refractivity contribution < 1.29 is 38.1 Å². The number of carbonyl (C=O) groups is 4. The summed E-state index contributed by atoms with van der Waals surface area (Å²) in [4.78, 5) is 54.6. The lowest BCUT2D eigenvalue weighted by Crippen LogP contribution is -2.75. The third-order valence-electron chi connectivity index (χ3n) is 9.05. The second-order valence-electron chi connectivity index (χ2n) is 13.2. The number of carbonyl (C=O) groups excluding carboxylic acids is 4. The second kappa shape index (κ2) is 17.5. The van der Waals surface area contributed by atoms with E-state index in [0.717, 1.165) is 5.56 Å². The Morgan fingerprint density at radius 2 is 1.42 bits per heavy atom. The van der Waals surface area contributed by atoms with Gasteiger partial charge in [0.2, 0.25) is 29.4 Å². The second-order valence-corrected chi connectivity index (χ2v) is 13.2. The maximum absolute atomic E-state index is 14.2. The van der Waals surface area contributed by atoms with Crippen molar-refractivity contribution in [3.05, 3.63) is 114 Å². The van der Waals surface area contributed by atoms with Gasteiger partial charge >= 0.3 is 0 Å². The average molecular weight is 723 g/mol. The molecule has 0 saturated carbocycles. The van der Waals surface area contributed by atoms with E-state index in [0.29, 0.717) is 46.3 Å². The molecule has 12 nitrogen and oxygen atoms in total. The summed E-state index contributed by atoms with van der Waals surface area (Å²) in [5.74, 6) is 0.101. The minimum atomic E-state index is -1.16. The zero-order valence-electron chi connectivity index (χ0n) is 30.6. The maximum atomic E-state index is 14.2. The van der Waals surface area contributed by atoms with Gasteiger partial charge in [-0.15, -0.1) is 0 Å². The van der Waals surface area contributed by atoms with Gasteiger partial charge in [0.15, 0.2) is 11.5 Å². The normalized spacial score (nSPS) is 15.9. The molecule has 4 aromatic carbocycles. The molecule has 53 heavy (non-hydrogen) atoms. The number of hydrogen-bond donors (Lipinski definition) is 4. The third-order valence-corrected chi connectivity index (χ3v) is 9.05. The lowest BCUT2D eigenvalue weighted by Gasteiger charge is -2.42. The van der Waals surface area contributed by atoms with Gasteiger partial charge in [0.25, 0.3) is 0 Å². The summed E-state index contributed by atoms with van der Waals surface area (Å²) in [5.41, 5.74) is 0.954. The van der Waals surface area contributed by atoms with Crippen LogP contribution in [0.3, 0.4) is 0 Å². The highest BCUT2D eigenvalue weighted by Crippen LogP contribution is 2.40. The maximum Gasteiger partial charge on any atom is 0.248 e. The van der Waals surface area contributed by atoms with Crippen molar-refractivity contribution in [2.45, 2.75) is 50.7 Å². The quantitative estimate of drug-likeness (QED) is 0.119. The molecule has 1 aliphatic rings. The molecule has 1 heterocycles. The molecule has 0 aliphatic carbocycles. The number of benzene rings is 4. The van der Waals surface area contributed by atoms with E-state index >= 15 is 0 Å². The van der Waals surface area contributed by atoms with Crippen LogP contribution in [-0.2, 0) is 38.4 Å². The van der Waals surface area contributed by atoms with Crippen LogP contribution < -0.4 is 40.2 Å². The fraction of sp³-hybridized carbons (Fsp3) is 0.317. The van der Waals surface area contributed by atoms with Crippen LogP contribution in [0.4, 0.5) is 0 Å². The predicted octanol–water partition coefficient (Wildman–Crippen LogP) is 4.14. The Morgan fingerprint density at radius 3 is 2.02 bits per heavy atom. The lowest BCUT2D eigenvalue weighted by atomic mass is 9.83. The smallest absolute Gasteiger partial charge is 0.248 e. The van der Waals surface area contributed by atoms with Crippen LogP contribution in [0.25, 0.3) is 0 Å². The number of methoxy groups -OCH3 is 3. The molecule has 4 aromatic rings. The zero-order valence-corrected chi connectivity index (χ0v) is 30.6. The summed E-state index contributed by atoms with van der Waals surface area (Å²) >= 11 is 0. The fourth-order valence-electron chi connectivity index (χ4n) is 6.24. The standard InChI is InChI=1S/C41H46N4O8/c1-26(2)35(39(48)45-41(25-42-40(41)49)24-27-13-8-6-9-14-27)44-38(47)32(23-29-19-20-33(50-3)37(52-5)36(29)51-4)43-34(46)22-28-15-12-18-31(21-28)53-30-16-10-7-11-17-30/h6-21,26,32,35H,22-25H2,1-5H3,(H,42,49)(H,43,46)(H,44,47)(H,45,48)/t32-,35-,41-/m0/s1. The van der Waals surface area contributed by atoms with Gasteiger partial charge < -0.3 is 40.2 Å². The summed E-state index contributed by atoms with van der Waals surface area (Å²) < 4.78 is 22.6. The van der Waals surface area contributed by atoms with Crippen molar-refractivity contribution in [1.29, 1.82) is 0 Å². The molecule has 12 heteroatoms. The first kappa shape index (κ1) is 38.2. The summed E-state index contributed by atoms with van der Waals surface area (Å²) in [5, 5.41) is 11.4. The molecular weight excluding hydrogens is 676 g/mol. The molecule has 0 radical (unpaired) electrons. The molecule has 0 bridgehead atoms. The van der Waals surface area contributed by atoms with Crippen molar-refractivity contribution >= 4 is 23.6 Å². The molecule has 1 fully saturated rings. The lowest BCUT2D eigenvalue weighted by molar-refractivity contribution is -0.142. The molecule has 0 aromatic heterocycles. The summed E-state index contributed by atoms with van der Waals surface area (Å²) in [6.07, 6.45) is 0.231. The van der Waals surface area contributed by atoms with Crippen molar-refractivity contribution in [2.24, 2.45) is 5.92 Å².